The molecule has 0 atom stereocenters. The summed E-state index contributed by atoms with van der Waals surface area (Å²) in [6.45, 7) is 8.15. The number of carbonyl (C=O) groups excluding carboxylic acids is 1. The number of carbonyl (C=O) groups is 1. The van der Waals surface area contributed by atoms with Crippen LogP contribution in [0.1, 0.15) is 49.3 Å². The van der Waals surface area contributed by atoms with E-state index in [2.05, 4.69) is 10.4 Å². The van der Waals surface area contributed by atoms with Crippen LogP contribution < -0.4 is 10.1 Å². The highest BCUT2D eigenvalue weighted by molar-refractivity contribution is 7.90. The first-order chi connectivity index (χ1) is 12.1. The van der Waals surface area contributed by atoms with Crippen LogP contribution in [0, 0.1) is 0 Å². The number of nitrogens with one attached hydrogen (secondary N) is 1. The van der Waals surface area contributed by atoms with Crippen molar-refractivity contribution < 1.29 is 17.9 Å². The lowest BCUT2D eigenvalue weighted by Gasteiger charge is -2.23. The van der Waals surface area contributed by atoms with Gasteiger partial charge < -0.3 is 10.1 Å². The van der Waals surface area contributed by atoms with Gasteiger partial charge >= 0.3 is 0 Å². The summed E-state index contributed by atoms with van der Waals surface area (Å²) in [4.78, 5) is 12.9. The number of para-hydroxylation sites is 1. The van der Waals surface area contributed by atoms with E-state index < -0.39 is 15.4 Å². The molecule has 2 aromatic rings. The fourth-order valence-electron chi connectivity index (χ4n) is 2.97. The summed E-state index contributed by atoms with van der Waals surface area (Å²) in [5.74, 6) is 0.361. The van der Waals surface area contributed by atoms with Gasteiger partial charge in [0.15, 0.2) is 9.84 Å². The van der Waals surface area contributed by atoms with E-state index >= 15 is 0 Å². The van der Waals surface area contributed by atoms with Gasteiger partial charge in [-0.2, -0.15) is 5.10 Å². The van der Waals surface area contributed by atoms with Gasteiger partial charge in [-0.05, 0) is 39.8 Å². The maximum Gasteiger partial charge on any atom is 0.260 e. The highest BCUT2D eigenvalue weighted by atomic mass is 32.2. The molecule has 0 bridgehead atoms. The average Bonchev–Trinajstić information content (AvgIpc) is 3.01. The van der Waals surface area contributed by atoms with Crippen molar-refractivity contribution in [2.45, 2.75) is 44.7 Å². The van der Waals surface area contributed by atoms with Gasteiger partial charge in [-0.15, -0.1) is 0 Å². The zero-order valence-corrected chi connectivity index (χ0v) is 16.2. The smallest absolute Gasteiger partial charge is 0.260 e. The minimum absolute atomic E-state index is 0.0934. The number of anilines is 1. The lowest BCUT2D eigenvalue weighted by Crippen LogP contribution is -2.28. The molecule has 0 radical (unpaired) electrons. The minimum Gasteiger partial charge on any atom is -0.493 e. The van der Waals surface area contributed by atoms with Crippen molar-refractivity contribution in [3.05, 3.63) is 41.1 Å². The van der Waals surface area contributed by atoms with E-state index in [1.165, 1.54) is 0 Å². The lowest BCUT2D eigenvalue weighted by atomic mass is 10.1. The number of benzene rings is 1. The van der Waals surface area contributed by atoms with Crippen LogP contribution in [0.25, 0.3) is 0 Å². The normalized spacial score (nSPS) is 15.5. The zero-order valence-electron chi connectivity index (χ0n) is 15.4. The molecule has 0 spiro atoms. The molecule has 1 aliphatic heterocycles. The van der Waals surface area contributed by atoms with Gasteiger partial charge in [0, 0.05) is 5.56 Å². The Kier molecular flexibility index (Phi) is 4.56. The molecule has 1 aliphatic rings. The Morgan fingerprint density at radius 1 is 1.27 bits per heavy atom. The Morgan fingerprint density at radius 2 is 1.96 bits per heavy atom. The van der Waals surface area contributed by atoms with Crippen LogP contribution in [0.4, 0.5) is 5.82 Å². The number of rotatable bonds is 4. The molecule has 2 heterocycles. The first-order valence-corrected chi connectivity index (χ1v) is 10.3. The fraction of sp³-hybridized carbons (Fsp3) is 0.444. The Bertz CT molecular complexity index is 955. The van der Waals surface area contributed by atoms with Gasteiger partial charge in [0.1, 0.15) is 11.6 Å². The Hall–Kier alpha value is -2.35. The standard InChI is InChI=1S/C18H23N3O4S/c1-5-25-15-9-7-6-8-12(15)17(22)19-16-13-10-26(23,24)11-14(13)20-21(16)18(2,3)4/h6-9H,5,10-11H2,1-4H3,(H,19,22). The van der Waals surface area contributed by atoms with Crippen molar-refractivity contribution in [2.75, 3.05) is 11.9 Å². The third kappa shape index (κ3) is 3.46. The lowest BCUT2D eigenvalue weighted by molar-refractivity contribution is 0.102. The van der Waals surface area contributed by atoms with E-state index in [4.69, 9.17) is 4.74 Å². The number of fused-ring (bicyclic) bond motifs is 1. The predicted octanol–water partition coefficient (Wildman–Crippen LogP) is 2.72. The van der Waals surface area contributed by atoms with Gasteiger partial charge in [0.25, 0.3) is 5.91 Å². The van der Waals surface area contributed by atoms with Crippen molar-refractivity contribution in [2.24, 2.45) is 0 Å². The highest BCUT2D eigenvalue weighted by Gasteiger charge is 2.35. The second-order valence-electron chi connectivity index (χ2n) is 7.27. The molecule has 26 heavy (non-hydrogen) atoms. The van der Waals surface area contributed by atoms with E-state index in [0.29, 0.717) is 35.0 Å². The molecule has 1 amide bonds. The number of ether oxygens (including phenoxy) is 1. The maximum absolute atomic E-state index is 12.9. The second-order valence-corrected chi connectivity index (χ2v) is 9.34. The number of hydrogen-bond donors (Lipinski definition) is 1. The van der Waals surface area contributed by atoms with Gasteiger partial charge in [-0.25, -0.2) is 13.1 Å². The highest BCUT2D eigenvalue weighted by Crippen LogP contribution is 2.34. The maximum atomic E-state index is 12.9. The molecule has 7 nitrogen and oxygen atoms in total. The monoisotopic (exact) mass is 377 g/mol. The number of amides is 1. The van der Waals surface area contributed by atoms with Crippen LogP contribution >= 0.6 is 0 Å². The van der Waals surface area contributed by atoms with Crippen LogP contribution in [0.5, 0.6) is 5.75 Å². The van der Waals surface area contributed by atoms with Crippen molar-refractivity contribution in [1.82, 2.24) is 9.78 Å². The molecule has 8 heteroatoms. The molecule has 0 fully saturated rings. The van der Waals surface area contributed by atoms with Crippen LogP contribution in [0.3, 0.4) is 0 Å². The van der Waals surface area contributed by atoms with Crippen LogP contribution in [-0.4, -0.2) is 30.7 Å². The summed E-state index contributed by atoms with van der Waals surface area (Å²) in [5, 5.41) is 7.32. The molecule has 140 valence electrons. The molecule has 0 saturated carbocycles. The van der Waals surface area contributed by atoms with E-state index in [1.807, 2.05) is 27.7 Å². The van der Waals surface area contributed by atoms with Crippen molar-refractivity contribution in [1.29, 1.82) is 0 Å². The fourth-order valence-corrected chi connectivity index (χ4v) is 4.46. The number of aromatic nitrogens is 2. The molecule has 0 saturated heterocycles. The van der Waals surface area contributed by atoms with E-state index in [-0.39, 0.29) is 17.4 Å². The SMILES string of the molecule is CCOc1ccccc1C(=O)Nc1c2c(nn1C(C)(C)C)CS(=O)(=O)C2. The summed E-state index contributed by atoms with van der Waals surface area (Å²) >= 11 is 0. The van der Waals surface area contributed by atoms with E-state index in [1.54, 1.807) is 28.9 Å². The summed E-state index contributed by atoms with van der Waals surface area (Å²) in [7, 11) is -3.22. The molecule has 0 unspecified atom stereocenters. The Balaban J connectivity index is 2.01. The van der Waals surface area contributed by atoms with Crippen molar-refractivity contribution in [3.63, 3.8) is 0 Å². The van der Waals surface area contributed by atoms with Gasteiger partial charge in [0.05, 0.1) is 34.9 Å². The quantitative estimate of drug-likeness (QED) is 0.885. The summed E-state index contributed by atoms with van der Waals surface area (Å²) in [5.41, 5.74) is 1.07. The summed E-state index contributed by atoms with van der Waals surface area (Å²) < 4.78 is 31.2. The van der Waals surface area contributed by atoms with Gasteiger partial charge in [-0.1, -0.05) is 12.1 Å². The largest absolute Gasteiger partial charge is 0.493 e. The third-order valence-electron chi connectivity index (χ3n) is 4.09. The minimum atomic E-state index is -3.22. The van der Waals surface area contributed by atoms with Crippen LogP contribution in [0.15, 0.2) is 24.3 Å². The third-order valence-corrected chi connectivity index (χ3v) is 5.53. The summed E-state index contributed by atoms with van der Waals surface area (Å²) in [6, 6.07) is 6.96. The van der Waals surface area contributed by atoms with Crippen molar-refractivity contribution in [3.8, 4) is 5.75 Å². The first kappa shape index (κ1) is 18.4. The second kappa shape index (κ2) is 6.42. The Labute approximate surface area is 153 Å². The Morgan fingerprint density at radius 3 is 2.62 bits per heavy atom. The zero-order chi connectivity index (χ0) is 19.1. The van der Waals surface area contributed by atoms with E-state index in [9.17, 15) is 13.2 Å². The summed E-state index contributed by atoms with van der Waals surface area (Å²) in [6.07, 6.45) is 0. The topological polar surface area (TPSA) is 90.3 Å². The molecular formula is C18H23N3O4S. The molecule has 3 rings (SSSR count). The molecule has 1 aromatic carbocycles. The number of hydrogen-bond acceptors (Lipinski definition) is 5. The van der Waals surface area contributed by atoms with Crippen molar-refractivity contribution >= 4 is 21.6 Å². The van der Waals surface area contributed by atoms with Gasteiger partial charge in [-0.3, -0.25) is 4.79 Å². The predicted molar refractivity (Wildman–Crippen MR) is 99.1 cm³/mol. The first-order valence-electron chi connectivity index (χ1n) is 8.47. The number of sulfone groups is 1. The molecule has 0 aliphatic carbocycles. The van der Waals surface area contributed by atoms with Gasteiger partial charge in [0.2, 0.25) is 0 Å². The van der Waals surface area contributed by atoms with Crippen LogP contribution in [-0.2, 0) is 26.9 Å². The van der Waals surface area contributed by atoms with Crippen LogP contribution in [0.2, 0.25) is 0 Å². The molecular weight excluding hydrogens is 354 g/mol. The number of nitrogens with zero attached hydrogens (tertiary/aromatic N) is 2. The van der Waals surface area contributed by atoms with E-state index in [0.717, 1.165) is 0 Å². The molecule has 1 N–H and O–H groups in total. The molecule has 1 aromatic heterocycles. The average molecular weight is 377 g/mol.